The SMILES string of the molecule is C=CC(=O)Nc1cc(Nc2cc(-c3c[nH]c4ccccc34)ncn2)c(OC)cc1N1CCN(CCOC)CC1. The van der Waals surface area contributed by atoms with Crippen LogP contribution in [0.1, 0.15) is 0 Å². The third kappa shape index (κ3) is 5.87. The first-order valence-electron chi connectivity index (χ1n) is 12.9. The molecule has 1 fully saturated rings. The molecule has 0 radical (unpaired) electrons. The summed E-state index contributed by atoms with van der Waals surface area (Å²) in [5.41, 5.74) is 5.04. The summed E-state index contributed by atoms with van der Waals surface area (Å²) in [5, 5.41) is 7.42. The Morgan fingerprint density at radius 3 is 2.69 bits per heavy atom. The number of methoxy groups -OCH3 is 2. The molecule has 10 nitrogen and oxygen atoms in total. The second kappa shape index (κ2) is 12.0. The minimum absolute atomic E-state index is 0.283. The van der Waals surface area contributed by atoms with E-state index in [2.05, 4.69) is 48.0 Å². The van der Waals surface area contributed by atoms with Crippen LogP contribution in [0.5, 0.6) is 5.75 Å². The van der Waals surface area contributed by atoms with Crippen LogP contribution in [0.2, 0.25) is 0 Å². The quantitative estimate of drug-likeness (QED) is 0.263. The lowest BCUT2D eigenvalue weighted by molar-refractivity contribution is -0.111. The van der Waals surface area contributed by atoms with Crippen molar-refractivity contribution >= 4 is 39.7 Å². The summed E-state index contributed by atoms with van der Waals surface area (Å²) in [6.07, 6.45) is 4.75. The smallest absolute Gasteiger partial charge is 0.247 e. The zero-order valence-electron chi connectivity index (χ0n) is 22.2. The summed E-state index contributed by atoms with van der Waals surface area (Å²) in [5.74, 6) is 0.953. The first-order valence-corrected chi connectivity index (χ1v) is 12.9. The molecule has 0 atom stereocenters. The standard InChI is InChI=1S/C29H33N7O3/c1-4-29(37)34-24-15-25(27(39-3)17-26(24)36-11-9-35(10-12-36)13-14-38-2)33-28-16-23(31-19-32-28)21-18-30-22-8-6-5-7-20(21)22/h4-8,15-19,30H,1,9-14H2,2-3H3,(H,34,37)(H,31,32,33). The molecule has 0 saturated carbocycles. The maximum atomic E-state index is 12.3. The molecule has 2 aromatic carbocycles. The molecule has 1 aliphatic rings. The van der Waals surface area contributed by atoms with E-state index in [-0.39, 0.29) is 5.91 Å². The van der Waals surface area contributed by atoms with E-state index in [0.717, 1.165) is 60.6 Å². The fourth-order valence-electron chi connectivity index (χ4n) is 4.81. The van der Waals surface area contributed by atoms with E-state index in [0.29, 0.717) is 29.5 Å². The highest BCUT2D eigenvalue weighted by Gasteiger charge is 2.22. The molecule has 0 bridgehead atoms. The van der Waals surface area contributed by atoms with Gasteiger partial charge in [0, 0.05) is 74.6 Å². The maximum Gasteiger partial charge on any atom is 0.247 e. The minimum Gasteiger partial charge on any atom is -0.494 e. The molecule has 1 amide bonds. The molecule has 10 heteroatoms. The van der Waals surface area contributed by atoms with Gasteiger partial charge in [-0.3, -0.25) is 9.69 Å². The third-order valence-electron chi connectivity index (χ3n) is 6.88. The Balaban J connectivity index is 1.44. The number of nitrogens with zero attached hydrogens (tertiary/aromatic N) is 4. The number of fused-ring (bicyclic) bond motifs is 1. The molecule has 5 rings (SSSR count). The molecule has 1 saturated heterocycles. The molecule has 2 aromatic heterocycles. The Morgan fingerprint density at radius 2 is 1.92 bits per heavy atom. The summed E-state index contributed by atoms with van der Waals surface area (Å²) in [6, 6.07) is 13.8. The fraction of sp³-hybridized carbons (Fsp3) is 0.276. The number of aromatic amines is 1. The number of anilines is 4. The molecule has 3 heterocycles. The summed E-state index contributed by atoms with van der Waals surface area (Å²) < 4.78 is 11.0. The van der Waals surface area contributed by atoms with Gasteiger partial charge >= 0.3 is 0 Å². The predicted octanol–water partition coefficient (Wildman–Crippen LogP) is 4.27. The van der Waals surface area contributed by atoms with E-state index in [1.807, 2.05) is 42.6 Å². The number of benzene rings is 2. The molecular weight excluding hydrogens is 494 g/mol. The zero-order valence-corrected chi connectivity index (χ0v) is 22.2. The van der Waals surface area contributed by atoms with Gasteiger partial charge in [0.05, 0.1) is 36.5 Å². The number of para-hydroxylation sites is 1. The third-order valence-corrected chi connectivity index (χ3v) is 6.88. The van der Waals surface area contributed by atoms with Crippen molar-refractivity contribution in [3.8, 4) is 17.0 Å². The average molecular weight is 528 g/mol. The number of piperazine rings is 1. The van der Waals surface area contributed by atoms with Crippen LogP contribution in [0, 0.1) is 0 Å². The monoisotopic (exact) mass is 527 g/mol. The van der Waals surface area contributed by atoms with E-state index in [4.69, 9.17) is 9.47 Å². The molecule has 0 unspecified atom stereocenters. The largest absolute Gasteiger partial charge is 0.494 e. The minimum atomic E-state index is -0.283. The van der Waals surface area contributed by atoms with Gasteiger partial charge in [-0.25, -0.2) is 9.97 Å². The van der Waals surface area contributed by atoms with Crippen LogP contribution < -0.4 is 20.3 Å². The summed E-state index contributed by atoms with van der Waals surface area (Å²) in [6.45, 7) is 8.65. The Kier molecular flexibility index (Phi) is 8.04. The van der Waals surface area contributed by atoms with Crippen LogP contribution in [0.25, 0.3) is 22.2 Å². The number of nitrogens with one attached hydrogen (secondary N) is 3. The highest BCUT2D eigenvalue weighted by molar-refractivity contribution is 6.02. The molecule has 1 aliphatic heterocycles. The number of carbonyl (C=O) groups is 1. The summed E-state index contributed by atoms with van der Waals surface area (Å²) >= 11 is 0. The Labute approximate surface area is 227 Å². The zero-order chi connectivity index (χ0) is 27.2. The first-order chi connectivity index (χ1) is 19.1. The van der Waals surface area contributed by atoms with Gasteiger partial charge in [-0.15, -0.1) is 0 Å². The van der Waals surface area contributed by atoms with Crippen LogP contribution in [0.15, 0.2) is 67.6 Å². The molecule has 4 aromatic rings. The van der Waals surface area contributed by atoms with Crippen molar-refractivity contribution in [1.82, 2.24) is 19.9 Å². The highest BCUT2D eigenvalue weighted by Crippen LogP contribution is 2.39. The van der Waals surface area contributed by atoms with Crippen molar-refractivity contribution < 1.29 is 14.3 Å². The van der Waals surface area contributed by atoms with Gasteiger partial charge in [0.15, 0.2) is 0 Å². The van der Waals surface area contributed by atoms with Crippen molar-refractivity contribution in [1.29, 1.82) is 0 Å². The lowest BCUT2D eigenvalue weighted by Crippen LogP contribution is -2.47. The molecule has 202 valence electrons. The second-order valence-corrected chi connectivity index (χ2v) is 9.25. The van der Waals surface area contributed by atoms with Crippen LogP contribution in [-0.4, -0.2) is 79.3 Å². The number of aromatic nitrogens is 3. The Hall–Kier alpha value is -4.41. The van der Waals surface area contributed by atoms with Gasteiger partial charge in [0.2, 0.25) is 5.91 Å². The molecule has 39 heavy (non-hydrogen) atoms. The molecule has 0 aliphatic carbocycles. The van der Waals surface area contributed by atoms with E-state index in [1.165, 1.54) is 12.4 Å². The lowest BCUT2D eigenvalue weighted by Gasteiger charge is -2.37. The number of hydrogen-bond acceptors (Lipinski definition) is 8. The normalized spacial score (nSPS) is 13.8. The van der Waals surface area contributed by atoms with E-state index >= 15 is 0 Å². The second-order valence-electron chi connectivity index (χ2n) is 9.25. The van der Waals surface area contributed by atoms with Gasteiger partial charge < -0.3 is 30.0 Å². The maximum absolute atomic E-state index is 12.3. The predicted molar refractivity (Wildman–Crippen MR) is 155 cm³/mol. The topological polar surface area (TPSA) is 108 Å². The van der Waals surface area contributed by atoms with Crippen molar-refractivity contribution in [2.75, 3.05) is 69.1 Å². The number of H-pyrrole nitrogens is 1. The van der Waals surface area contributed by atoms with E-state index in [9.17, 15) is 4.79 Å². The number of rotatable bonds is 10. The van der Waals surface area contributed by atoms with Gasteiger partial charge in [-0.1, -0.05) is 24.8 Å². The lowest BCUT2D eigenvalue weighted by atomic mass is 10.1. The molecule has 3 N–H and O–H groups in total. The number of carbonyl (C=O) groups excluding carboxylic acids is 1. The van der Waals surface area contributed by atoms with Crippen molar-refractivity contribution in [3.05, 3.63) is 67.6 Å². The van der Waals surface area contributed by atoms with Crippen molar-refractivity contribution in [2.24, 2.45) is 0 Å². The van der Waals surface area contributed by atoms with Crippen LogP contribution >= 0.6 is 0 Å². The van der Waals surface area contributed by atoms with Crippen LogP contribution in [0.4, 0.5) is 22.9 Å². The van der Waals surface area contributed by atoms with Crippen molar-refractivity contribution in [2.45, 2.75) is 0 Å². The summed E-state index contributed by atoms with van der Waals surface area (Å²) in [7, 11) is 3.35. The Morgan fingerprint density at radius 1 is 1.10 bits per heavy atom. The fourth-order valence-corrected chi connectivity index (χ4v) is 4.81. The van der Waals surface area contributed by atoms with E-state index in [1.54, 1.807) is 14.2 Å². The Bertz CT molecular complexity index is 1460. The number of hydrogen-bond donors (Lipinski definition) is 3. The van der Waals surface area contributed by atoms with Crippen LogP contribution in [0.3, 0.4) is 0 Å². The molecular formula is C29H33N7O3. The summed E-state index contributed by atoms with van der Waals surface area (Å²) in [4.78, 5) is 29.2. The van der Waals surface area contributed by atoms with Gasteiger partial charge in [0.25, 0.3) is 0 Å². The van der Waals surface area contributed by atoms with E-state index < -0.39 is 0 Å². The highest BCUT2D eigenvalue weighted by atomic mass is 16.5. The van der Waals surface area contributed by atoms with Gasteiger partial charge in [0.1, 0.15) is 17.9 Å². The van der Waals surface area contributed by atoms with Crippen molar-refractivity contribution in [3.63, 3.8) is 0 Å². The van der Waals surface area contributed by atoms with Gasteiger partial charge in [-0.2, -0.15) is 0 Å². The van der Waals surface area contributed by atoms with Gasteiger partial charge in [-0.05, 0) is 18.2 Å². The van der Waals surface area contributed by atoms with Crippen LogP contribution in [-0.2, 0) is 9.53 Å². The number of amides is 1. The number of ether oxygens (including phenoxy) is 2. The molecule has 0 spiro atoms. The average Bonchev–Trinajstić information content (AvgIpc) is 3.41. The first kappa shape index (κ1) is 26.2.